The SMILES string of the molecule is COC(=O)c1cc2c(cn1)nc1n2CCN(C(=O)OCc2ccccc2)C1. The minimum Gasteiger partial charge on any atom is -0.464 e. The van der Waals surface area contributed by atoms with Gasteiger partial charge in [-0.05, 0) is 11.6 Å². The van der Waals surface area contributed by atoms with E-state index in [0.29, 0.717) is 25.2 Å². The molecule has 0 N–H and O–H groups in total. The number of pyridine rings is 1. The van der Waals surface area contributed by atoms with Gasteiger partial charge in [0.15, 0.2) is 5.69 Å². The Hall–Kier alpha value is -3.42. The average Bonchev–Trinajstić information content (AvgIpc) is 3.09. The average molecular weight is 366 g/mol. The van der Waals surface area contributed by atoms with Gasteiger partial charge in [-0.25, -0.2) is 19.6 Å². The van der Waals surface area contributed by atoms with Crippen molar-refractivity contribution in [1.82, 2.24) is 19.4 Å². The summed E-state index contributed by atoms with van der Waals surface area (Å²) in [5.74, 6) is 0.242. The van der Waals surface area contributed by atoms with E-state index in [1.807, 2.05) is 34.9 Å². The zero-order valence-electron chi connectivity index (χ0n) is 14.8. The maximum atomic E-state index is 12.4. The Balaban J connectivity index is 1.49. The van der Waals surface area contributed by atoms with Crippen molar-refractivity contribution >= 4 is 23.1 Å². The van der Waals surface area contributed by atoms with E-state index in [0.717, 1.165) is 16.9 Å². The Bertz CT molecular complexity index is 1000. The molecular formula is C19H18N4O4. The molecule has 0 saturated heterocycles. The first-order valence-corrected chi connectivity index (χ1v) is 8.55. The summed E-state index contributed by atoms with van der Waals surface area (Å²) in [6, 6.07) is 11.2. The summed E-state index contributed by atoms with van der Waals surface area (Å²) in [7, 11) is 1.32. The van der Waals surface area contributed by atoms with E-state index in [2.05, 4.69) is 9.97 Å². The molecule has 8 nitrogen and oxygen atoms in total. The van der Waals surface area contributed by atoms with E-state index in [9.17, 15) is 9.59 Å². The number of nitrogens with zero attached hydrogens (tertiary/aromatic N) is 4. The van der Waals surface area contributed by atoms with Gasteiger partial charge in [-0.3, -0.25) is 4.90 Å². The number of aromatic nitrogens is 3. The van der Waals surface area contributed by atoms with Crippen molar-refractivity contribution in [2.24, 2.45) is 0 Å². The first-order valence-electron chi connectivity index (χ1n) is 8.55. The molecule has 27 heavy (non-hydrogen) atoms. The smallest absolute Gasteiger partial charge is 0.410 e. The predicted octanol–water partition coefficient (Wildman–Crippen LogP) is 2.37. The second-order valence-corrected chi connectivity index (χ2v) is 6.19. The van der Waals surface area contributed by atoms with Crippen LogP contribution >= 0.6 is 0 Å². The van der Waals surface area contributed by atoms with Crippen LogP contribution in [0.5, 0.6) is 0 Å². The lowest BCUT2D eigenvalue weighted by molar-refractivity contribution is 0.0594. The number of imidazole rings is 1. The molecule has 1 aliphatic heterocycles. The van der Waals surface area contributed by atoms with E-state index in [4.69, 9.17) is 9.47 Å². The molecule has 3 heterocycles. The summed E-state index contributed by atoms with van der Waals surface area (Å²) < 4.78 is 12.1. The largest absolute Gasteiger partial charge is 0.464 e. The van der Waals surface area contributed by atoms with Crippen molar-refractivity contribution in [3.8, 4) is 0 Å². The Labute approximate surface area is 155 Å². The standard InChI is InChI=1S/C19H18N4O4/c1-26-18(24)14-9-16-15(10-20-14)21-17-11-22(7-8-23(16)17)19(25)27-12-13-5-3-2-4-6-13/h2-6,9-10H,7-8,11-12H2,1H3. The third-order valence-corrected chi connectivity index (χ3v) is 4.50. The van der Waals surface area contributed by atoms with Gasteiger partial charge in [0.2, 0.25) is 0 Å². The van der Waals surface area contributed by atoms with Crippen LogP contribution in [0.1, 0.15) is 21.9 Å². The number of methoxy groups -OCH3 is 1. The summed E-state index contributed by atoms with van der Waals surface area (Å²) in [6.07, 6.45) is 1.18. The number of ether oxygens (including phenoxy) is 2. The van der Waals surface area contributed by atoms with Crippen LogP contribution in [-0.2, 0) is 29.2 Å². The highest BCUT2D eigenvalue weighted by Gasteiger charge is 2.25. The van der Waals surface area contributed by atoms with Gasteiger partial charge in [0, 0.05) is 13.1 Å². The maximum absolute atomic E-state index is 12.4. The summed E-state index contributed by atoms with van der Waals surface area (Å²) in [5.41, 5.74) is 2.66. The highest BCUT2D eigenvalue weighted by atomic mass is 16.6. The van der Waals surface area contributed by atoms with Crippen molar-refractivity contribution < 1.29 is 19.1 Å². The van der Waals surface area contributed by atoms with Crippen LogP contribution in [0.4, 0.5) is 4.79 Å². The van der Waals surface area contributed by atoms with Gasteiger partial charge in [0.25, 0.3) is 0 Å². The molecule has 4 rings (SSSR count). The second-order valence-electron chi connectivity index (χ2n) is 6.19. The van der Waals surface area contributed by atoms with Gasteiger partial charge in [0.05, 0.1) is 25.4 Å². The third kappa shape index (κ3) is 3.33. The molecule has 0 fully saturated rings. The van der Waals surface area contributed by atoms with Crippen LogP contribution in [0.15, 0.2) is 42.6 Å². The highest BCUT2D eigenvalue weighted by molar-refractivity contribution is 5.91. The van der Waals surface area contributed by atoms with Crippen molar-refractivity contribution in [2.45, 2.75) is 19.7 Å². The summed E-state index contributed by atoms with van der Waals surface area (Å²) in [6.45, 7) is 1.65. The van der Waals surface area contributed by atoms with Crippen LogP contribution < -0.4 is 0 Å². The first kappa shape index (κ1) is 17.0. The molecule has 0 unspecified atom stereocenters. The molecule has 8 heteroatoms. The Morgan fingerprint density at radius 3 is 2.78 bits per heavy atom. The quantitative estimate of drug-likeness (QED) is 0.662. The summed E-state index contributed by atoms with van der Waals surface area (Å²) in [5, 5.41) is 0. The van der Waals surface area contributed by atoms with Gasteiger partial charge in [0.1, 0.15) is 17.9 Å². The fraction of sp³-hybridized carbons (Fsp3) is 0.263. The molecule has 0 spiro atoms. The fourth-order valence-electron chi connectivity index (χ4n) is 3.10. The van der Waals surface area contributed by atoms with E-state index in [-0.39, 0.29) is 18.4 Å². The summed E-state index contributed by atoms with van der Waals surface area (Å²) in [4.78, 5) is 34.3. The Kier molecular flexibility index (Phi) is 4.45. The van der Waals surface area contributed by atoms with Crippen LogP contribution in [-0.4, -0.2) is 45.2 Å². The third-order valence-electron chi connectivity index (χ3n) is 4.50. The van der Waals surface area contributed by atoms with Gasteiger partial charge >= 0.3 is 12.1 Å². The van der Waals surface area contributed by atoms with Crippen molar-refractivity contribution in [1.29, 1.82) is 0 Å². The number of amides is 1. The van der Waals surface area contributed by atoms with E-state index >= 15 is 0 Å². The topological polar surface area (TPSA) is 86.5 Å². The van der Waals surface area contributed by atoms with Gasteiger partial charge in [-0.15, -0.1) is 0 Å². The van der Waals surface area contributed by atoms with Crippen molar-refractivity contribution in [2.75, 3.05) is 13.7 Å². The molecule has 2 aromatic heterocycles. The van der Waals surface area contributed by atoms with Crippen molar-refractivity contribution in [3.05, 3.63) is 59.7 Å². The van der Waals surface area contributed by atoms with Crippen LogP contribution in [0.3, 0.4) is 0 Å². The van der Waals surface area contributed by atoms with Gasteiger partial charge in [-0.2, -0.15) is 0 Å². The molecule has 0 saturated carbocycles. The number of fused-ring (bicyclic) bond motifs is 3. The van der Waals surface area contributed by atoms with Gasteiger partial charge < -0.3 is 14.0 Å². The Morgan fingerprint density at radius 2 is 2.00 bits per heavy atom. The normalized spacial score (nSPS) is 13.3. The zero-order valence-corrected chi connectivity index (χ0v) is 14.8. The molecule has 1 aromatic carbocycles. The number of esters is 1. The molecule has 1 aliphatic rings. The predicted molar refractivity (Wildman–Crippen MR) is 95.9 cm³/mol. The molecular weight excluding hydrogens is 348 g/mol. The Morgan fingerprint density at radius 1 is 1.19 bits per heavy atom. The molecule has 0 bridgehead atoms. The minimum absolute atomic E-state index is 0.234. The molecule has 3 aromatic rings. The second kappa shape index (κ2) is 7.06. The van der Waals surface area contributed by atoms with E-state index < -0.39 is 5.97 Å². The molecule has 0 radical (unpaired) electrons. The lowest BCUT2D eigenvalue weighted by Gasteiger charge is -2.27. The lowest BCUT2D eigenvalue weighted by Crippen LogP contribution is -2.38. The number of hydrogen-bond acceptors (Lipinski definition) is 6. The first-order chi connectivity index (χ1) is 13.2. The maximum Gasteiger partial charge on any atom is 0.410 e. The molecule has 0 atom stereocenters. The molecule has 138 valence electrons. The van der Waals surface area contributed by atoms with Crippen LogP contribution in [0, 0.1) is 0 Å². The molecule has 1 amide bonds. The van der Waals surface area contributed by atoms with Crippen molar-refractivity contribution in [3.63, 3.8) is 0 Å². The minimum atomic E-state index is -0.491. The summed E-state index contributed by atoms with van der Waals surface area (Å²) >= 11 is 0. The fourth-order valence-corrected chi connectivity index (χ4v) is 3.10. The monoisotopic (exact) mass is 366 g/mol. The van der Waals surface area contributed by atoms with Crippen LogP contribution in [0.2, 0.25) is 0 Å². The van der Waals surface area contributed by atoms with E-state index in [1.165, 1.54) is 7.11 Å². The number of rotatable bonds is 3. The number of benzene rings is 1. The van der Waals surface area contributed by atoms with Gasteiger partial charge in [-0.1, -0.05) is 30.3 Å². The number of carbonyl (C=O) groups excluding carboxylic acids is 2. The lowest BCUT2D eigenvalue weighted by atomic mass is 10.2. The van der Waals surface area contributed by atoms with E-state index in [1.54, 1.807) is 17.2 Å². The number of carbonyl (C=O) groups is 2. The number of hydrogen-bond donors (Lipinski definition) is 0. The highest BCUT2D eigenvalue weighted by Crippen LogP contribution is 2.22. The zero-order chi connectivity index (χ0) is 18.8. The van der Waals surface area contributed by atoms with Crippen LogP contribution in [0.25, 0.3) is 11.0 Å². The molecule has 0 aliphatic carbocycles.